The fourth-order valence-corrected chi connectivity index (χ4v) is 1.82. The van der Waals surface area contributed by atoms with E-state index in [1.807, 2.05) is 12.5 Å². The fraction of sp³-hybridized carbons (Fsp3) is 0.857. The third kappa shape index (κ3) is 3.73. The minimum Gasteiger partial charge on any atom is -0.247 e. The van der Waals surface area contributed by atoms with Crippen LogP contribution in [0.3, 0.4) is 0 Å². The van der Waals surface area contributed by atoms with Gasteiger partial charge in [0.2, 0.25) is 0 Å². The molecule has 0 aromatic heterocycles. The zero-order valence-electron chi connectivity index (χ0n) is 6.72. The van der Waals surface area contributed by atoms with E-state index in [1.165, 1.54) is 0 Å². The molecule has 0 heterocycles. The van der Waals surface area contributed by atoms with Crippen LogP contribution < -0.4 is 0 Å². The fourth-order valence-electron chi connectivity index (χ4n) is 0.607. The van der Waals surface area contributed by atoms with Crippen LogP contribution in [0.25, 0.3) is 0 Å². The molecule has 0 radical (unpaired) electrons. The number of hydrogen-bond donors (Lipinski definition) is 0. The molecular weight excluding hydrogens is 149 g/mol. The van der Waals surface area contributed by atoms with Gasteiger partial charge in [-0.2, -0.15) is 15.3 Å². The summed E-state index contributed by atoms with van der Waals surface area (Å²) < 4.78 is 12.7. The van der Waals surface area contributed by atoms with Gasteiger partial charge in [0.1, 0.15) is 11.6 Å². The maximum atomic E-state index is 12.7. The minimum absolute atomic E-state index is 0.431. The Kier molecular flexibility index (Phi) is 3.73. The second-order valence-corrected chi connectivity index (χ2v) is 6.39. The first-order valence-corrected chi connectivity index (χ1v) is 5.89. The number of halogens is 1. The Morgan fingerprint density at radius 2 is 2.10 bits per heavy atom. The summed E-state index contributed by atoms with van der Waals surface area (Å²) in [6.07, 6.45) is 3.42. The lowest BCUT2D eigenvalue weighted by Crippen LogP contribution is -2.10. The van der Waals surface area contributed by atoms with Gasteiger partial charge in [-0.1, -0.05) is 6.92 Å². The zero-order valence-corrected chi connectivity index (χ0v) is 7.54. The lowest BCUT2D eigenvalue weighted by atomic mass is 10.3. The summed E-state index contributed by atoms with van der Waals surface area (Å²) in [6.45, 7) is 1.80. The Hall–Kier alpha value is -0.230. The van der Waals surface area contributed by atoms with E-state index in [4.69, 9.17) is 5.26 Å². The van der Waals surface area contributed by atoms with Crippen LogP contribution in [0.1, 0.15) is 13.3 Å². The van der Waals surface area contributed by atoms with Crippen LogP contribution in [0, 0.1) is 10.7 Å². The maximum Gasteiger partial charge on any atom is 0.113 e. The van der Waals surface area contributed by atoms with Crippen LogP contribution in [0.2, 0.25) is 0 Å². The molecule has 0 aliphatic rings. The van der Waals surface area contributed by atoms with E-state index in [0.29, 0.717) is 12.2 Å². The first kappa shape index (κ1) is 9.77. The van der Waals surface area contributed by atoms with Gasteiger partial charge in [-0.15, -0.1) is 0 Å². The second-order valence-electron chi connectivity index (χ2n) is 2.80. The maximum absolute atomic E-state index is 12.7. The smallest absolute Gasteiger partial charge is 0.113 e. The molecule has 0 spiro atoms. The van der Waals surface area contributed by atoms with Crippen molar-refractivity contribution in [1.29, 1.82) is 5.26 Å². The van der Waals surface area contributed by atoms with Crippen molar-refractivity contribution in [2.45, 2.75) is 19.5 Å². The lowest BCUT2D eigenvalue weighted by Gasteiger charge is -2.22. The second kappa shape index (κ2) is 3.82. The molecule has 0 fully saturated rings. The van der Waals surface area contributed by atoms with Crippen LogP contribution in [0.4, 0.5) is 4.39 Å². The molecule has 0 aliphatic heterocycles. The van der Waals surface area contributed by atoms with Crippen molar-refractivity contribution < 1.29 is 4.39 Å². The average Bonchev–Trinajstić information content (AvgIpc) is 1.87. The van der Waals surface area contributed by atoms with E-state index in [-0.39, 0.29) is 0 Å². The van der Waals surface area contributed by atoms with Crippen molar-refractivity contribution in [3.8, 4) is 5.40 Å². The van der Waals surface area contributed by atoms with Crippen LogP contribution in [0.15, 0.2) is 0 Å². The summed E-state index contributed by atoms with van der Waals surface area (Å²) in [5.74, 6) is 0.431. The Bertz CT molecular complexity index is 139. The summed E-state index contributed by atoms with van der Waals surface area (Å²) in [5.41, 5.74) is 0. The SMILES string of the molecule is CCC(F)CS(C)(C)C#N. The topological polar surface area (TPSA) is 23.8 Å². The van der Waals surface area contributed by atoms with Crippen LogP contribution in [0.5, 0.6) is 0 Å². The summed E-state index contributed by atoms with van der Waals surface area (Å²) in [4.78, 5) is 0. The molecule has 0 amide bonds. The van der Waals surface area contributed by atoms with Gasteiger partial charge >= 0.3 is 0 Å². The number of hydrogen-bond acceptors (Lipinski definition) is 1. The van der Waals surface area contributed by atoms with E-state index in [2.05, 4.69) is 5.40 Å². The number of nitriles is 1. The Balaban J connectivity index is 3.79. The largest absolute Gasteiger partial charge is 0.247 e. The minimum atomic E-state index is -1.30. The van der Waals surface area contributed by atoms with Crippen LogP contribution >= 0.6 is 10.0 Å². The molecule has 60 valence electrons. The van der Waals surface area contributed by atoms with E-state index in [9.17, 15) is 4.39 Å². The molecule has 0 N–H and O–H groups in total. The van der Waals surface area contributed by atoms with Crippen LogP contribution in [-0.4, -0.2) is 24.4 Å². The third-order valence-corrected chi connectivity index (χ3v) is 2.98. The van der Waals surface area contributed by atoms with E-state index in [0.717, 1.165) is 0 Å². The molecule has 1 unspecified atom stereocenters. The summed E-state index contributed by atoms with van der Waals surface area (Å²) in [5, 5.41) is 10.7. The molecule has 0 aromatic rings. The average molecular weight is 163 g/mol. The van der Waals surface area contributed by atoms with Gasteiger partial charge in [-0.3, -0.25) is 0 Å². The molecule has 1 atom stereocenters. The molecular formula is C7H14FNS. The third-order valence-electron chi connectivity index (χ3n) is 1.29. The van der Waals surface area contributed by atoms with Gasteiger partial charge in [0.05, 0.1) is 0 Å². The molecule has 0 aliphatic carbocycles. The molecule has 3 heteroatoms. The standard InChI is InChI=1S/C7H14FNS/c1-4-7(8)5-10(2,3)6-9/h7H,4-5H2,1-3H3. The Morgan fingerprint density at radius 1 is 1.60 bits per heavy atom. The van der Waals surface area contributed by atoms with Crippen LogP contribution in [-0.2, 0) is 0 Å². The van der Waals surface area contributed by atoms with Crippen molar-refractivity contribution in [2.75, 3.05) is 18.3 Å². The first-order chi connectivity index (χ1) is 4.52. The quantitative estimate of drug-likeness (QED) is 0.585. The number of rotatable bonds is 3. The predicted octanol–water partition coefficient (Wildman–Crippen LogP) is 2.28. The molecule has 10 heavy (non-hydrogen) atoms. The highest BCUT2D eigenvalue weighted by molar-refractivity contribution is 8.36. The highest BCUT2D eigenvalue weighted by atomic mass is 32.3. The molecule has 0 aromatic carbocycles. The Labute approximate surface area is 63.5 Å². The Morgan fingerprint density at radius 3 is 2.40 bits per heavy atom. The van der Waals surface area contributed by atoms with Crippen molar-refractivity contribution in [2.24, 2.45) is 0 Å². The van der Waals surface area contributed by atoms with E-state index < -0.39 is 16.2 Å². The monoisotopic (exact) mass is 163 g/mol. The van der Waals surface area contributed by atoms with E-state index >= 15 is 0 Å². The molecule has 0 rings (SSSR count). The number of alkyl halides is 1. The molecule has 0 bridgehead atoms. The zero-order chi connectivity index (χ0) is 8.20. The van der Waals surface area contributed by atoms with E-state index in [1.54, 1.807) is 6.92 Å². The van der Waals surface area contributed by atoms with Crippen molar-refractivity contribution in [1.82, 2.24) is 0 Å². The summed E-state index contributed by atoms with van der Waals surface area (Å²) >= 11 is 0. The van der Waals surface area contributed by atoms with Gasteiger partial charge in [-0.25, -0.2) is 4.39 Å². The number of thiocyanates is 1. The van der Waals surface area contributed by atoms with Gasteiger partial charge in [0.25, 0.3) is 0 Å². The highest BCUT2D eigenvalue weighted by Gasteiger charge is 2.15. The molecule has 0 saturated carbocycles. The van der Waals surface area contributed by atoms with Crippen molar-refractivity contribution in [3.05, 3.63) is 0 Å². The lowest BCUT2D eigenvalue weighted by molar-refractivity contribution is 0.358. The molecule has 0 saturated heterocycles. The highest BCUT2D eigenvalue weighted by Crippen LogP contribution is 2.39. The number of nitrogens with zero attached hydrogens (tertiary/aromatic N) is 1. The summed E-state index contributed by atoms with van der Waals surface area (Å²) in [7, 11) is -1.30. The normalized spacial score (nSPS) is 15.9. The van der Waals surface area contributed by atoms with Gasteiger partial charge in [0.15, 0.2) is 0 Å². The summed E-state index contributed by atoms with van der Waals surface area (Å²) in [6, 6.07) is 0. The predicted molar refractivity (Wildman–Crippen MR) is 45.1 cm³/mol. The van der Waals surface area contributed by atoms with Crippen molar-refractivity contribution in [3.63, 3.8) is 0 Å². The van der Waals surface area contributed by atoms with Crippen molar-refractivity contribution >= 4 is 10.0 Å². The van der Waals surface area contributed by atoms with Gasteiger partial charge in [-0.05, 0) is 18.9 Å². The van der Waals surface area contributed by atoms with Gasteiger partial charge in [0, 0.05) is 5.75 Å². The van der Waals surface area contributed by atoms with Gasteiger partial charge < -0.3 is 0 Å². The molecule has 1 nitrogen and oxygen atoms in total. The first-order valence-electron chi connectivity index (χ1n) is 3.27.